The Morgan fingerprint density at radius 2 is 2.17 bits per heavy atom. The average molecular weight is 312 g/mol. The lowest BCUT2D eigenvalue weighted by atomic mass is 10.4. The van der Waals surface area contributed by atoms with E-state index < -0.39 is 10.0 Å². The first-order valence-electron chi connectivity index (χ1n) is 5.59. The molecule has 0 aliphatic carbocycles. The third kappa shape index (κ3) is 4.20. The van der Waals surface area contributed by atoms with Crippen molar-refractivity contribution in [3.8, 4) is 0 Å². The van der Waals surface area contributed by atoms with E-state index in [2.05, 4.69) is 0 Å². The van der Waals surface area contributed by atoms with Crippen LogP contribution in [0, 0.1) is 0 Å². The molecule has 0 unspecified atom stereocenters. The fourth-order valence-electron chi connectivity index (χ4n) is 1.25. The van der Waals surface area contributed by atoms with E-state index in [4.69, 9.17) is 16.3 Å². The topological polar surface area (TPSA) is 46.6 Å². The predicted octanol–water partition coefficient (Wildman–Crippen LogP) is 2.53. The summed E-state index contributed by atoms with van der Waals surface area (Å²) in [7, 11) is -1.86. The van der Waals surface area contributed by atoms with E-state index in [-0.39, 0.29) is 6.10 Å². The van der Waals surface area contributed by atoms with Gasteiger partial charge in [0.25, 0.3) is 10.0 Å². The number of hydrogen-bond acceptors (Lipinski definition) is 4. The van der Waals surface area contributed by atoms with Crippen LogP contribution in [0.25, 0.3) is 0 Å². The zero-order valence-corrected chi connectivity index (χ0v) is 13.1. The van der Waals surface area contributed by atoms with Crippen LogP contribution in [0.3, 0.4) is 0 Å². The number of likely N-dealkylation sites (N-methyl/N-ethyl adjacent to an activating group) is 1. The average Bonchev–Trinajstić information content (AvgIpc) is 2.77. The molecule has 104 valence electrons. The number of rotatable bonds is 7. The molecule has 1 rings (SSSR count). The van der Waals surface area contributed by atoms with Crippen molar-refractivity contribution < 1.29 is 13.2 Å². The number of sulfonamides is 1. The van der Waals surface area contributed by atoms with Crippen LogP contribution in [0.1, 0.15) is 19.4 Å². The van der Waals surface area contributed by atoms with E-state index in [0.29, 0.717) is 23.2 Å². The third-order valence-electron chi connectivity index (χ3n) is 2.31. The lowest BCUT2D eigenvalue weighted by Gasteiger charge is -2.16. The Bertz CT molecular complexity index is 470. The smallest absolute Gasteiger partial charge is 0.252 e. The lowest BCUT2D eigenvalue weighted by molar-refractivity contribution is 0.0737. The van der Waals surface area contributed by atoms with Gasteiger partial charge in [0, 0.05) is 19.5 Å². The van der Waals surface area contributed by atoms with Crippen molar-refractivity contribution in [1.82, 2.24) is 4.31 Å². The van der Waals surface area contributed by atoms with Crippen molar-refractivity contribution in [1.29, 1.82) is 0 Å². The van der Waals surface area contributed by atoms with Crippen LogP contribution in [-0.2, 0) is 20.6 Å². The van der Waals surface area contributed by atoms with Crippen LogP contribution >= 0.6 is 22.9 Å². The van der Waals surface area contributed by atoms with Crippen LogP contribution in [0.2, 0.25) is 0 Å². The number of halogens is 1. The minimum absolute atomic E-state index is 0.102. The Morgan fingerprint density at radius 3 is 2.67 bits per heavy atom. The molecule has 0 saturated carbocycles. The summed E-state index contributed by atoms with van der Waals surface area (Å²) in [4.78, 5) is 0. The largest absolute Gasteiger partial charge is 0.377 e. The Balaban J connectivity index is 2.67. The van der Waals surface area contributed by atoms with Crippen LogP contribution in [-0.4, -0.2) is 39.0 Å². The zero-order valence-electron chi connectivity index (χ0n) is 10.7. The molecule has 0 aromatic carbocycles. The van der Waals surface area contributed by atoms with Gasteiger partial charge in [0.2, 0.25) is 0 Å². The van der Waals surface area contributed by atoms with Crippen molar-refractivity contribution >= 4 is 33.0 Å². The molecule has 0 bridgehead atoms. The van der Waals surface area contributed by atoms with Crippen LogP contribution < -0.4 is 0 Å². The van der Waals surface area contributed by atoms with E-state index in [1.165, 1.54) is 15.6 Å². The van der Waals surface area contributed by atoms with E-state index in [9.17, 15) is 8.42 Å². The van der Waals surface area contributed by atoms with Gasteiger partial charge in [-0.2, -0.15) is 4.31 Å². The number of hydrogen-bond donors (Lipinski definition) is 0. The molecule has 0 saturated heterocycles. The number of ether oxygens (including phenoxy) is 1. The van der Waals surface area contributed by atoms with Crippen molar-refractivity contribution in [2.45, 2.75) is 30.0 Å². The minimum atomic E-state index is -3.41. The maximum atomic E-state index is 12.2. The summed E-state index contributed by atoms with van der Waals surface area (Å²) in [5.41, 5.74) is 0.826. The normalized spacial score (nSPS) is 12.6. The Morgan fingerprint density at radius 1 is 1.50 bits per heavy atom. The molecule has 0 spiro atoms. The standard InChI is InChI=1S/C11H18ClNO3S2/c1-9(2)16-5-4-13(3)18(14,15)11-6-10(7-12)8-17-11/h6,8-9H,4-5,7H2,1-3H3. The fraction of sp³-hybridized carbons (Fsp3) is 0.636. The summed E-state index contributed by atoms with van der Waals surface area (Å²) in [6.07, 6.45) is 0.102. The molecule has 1 aromatic heterocycles. The molecular weight excluding hydrogens is 294 g/mol. The quantitative estimate of drug-likeness (QED) is 0.727. The van der Waals surface area contributed by atoms with Gasteiger partial charge in [-0.25, -0.2) is 8.42 Å². The molecule has 1 aromatic rings. The molecule has 0 atom stereocenters. The van der Waals surface area contributed by atoms with Gasteiger partial charge in [-0.15, -0.1) is 22.9 Å². The predicted molar refractivity (Wildman–Crippen MR) is 74.8 cm³/mol. The van der Waals surface area contributed by atoms with E-state index >= 15 is 0 Å². The van der Waals surface area contributed by atoms with E-state index in [1.807, 2.05) is 13.8 Å². The summed E-state index contributed by atoms with van der Waals surface area (Å²) < 4.78 is 31.3. The molecule has 0 fully saturated rings. The fourth-order valence-corrected chi connectivity index (χ4v) is 4.07. The van der Waals surface area contributed by atoms with Gasteiger partial charge in [-0.3, -0.25) is 0 Å². The summed E-state index contributed by atoms with van der Waals surface area (Å²) in [6.45, 7) is 4.57. The Hall–Kier alpha value is -0.140. The summed E-state index contributed by atoms with van der Waals surface area (Å²) in [5, 5.41) is 1.76. The minimum Gasteiger partial charge on any atom is -0.377 e. The maximum absolute atomic E-state index is 12.2. The van der Waals surface area contributed by atoms with Gasteiger partial charge in [0.15, 0.2) is 0 Å². The first-order valence-corrected chi connectivity index (χ1v) is 8.44. The number of nitrogens with zero attached hydrogens (tertiary/aromatic N) is 1. The monoisotopic (exact) mass is 311 g/mol. The first kappa shape index (κ1) is 15.9. The second-order valence-corrected chi connectivity index (χ2v) is 7.60. The van der Waals surface area contributed by atoms with Crippen molar-refractivity contribution in [3.05, 3.63) is 17.0 Å². The number of thiophene rings is 1. The molecule has 4 nitrogen and oxygen atoms in total. The van der Waals surface area contributed by atoms with Crippen molar-refractivity contribution in [2.75, 3.05) is 20.2 Å². The maximum Gasteiger partial charge on any atom is 0.252 e. The van der Waals surface area contributed by atoms with Gasteiger partial charge in [0.1, 0.15) is 4.21 Å². The summed E-state index contributed by atoms with van der Waals surface area (Å²) >= 11 is 6.86. The first-order chi connectivity index (χ1) is 8.37. The van der Waals surface area contributed by atoms with Gasteiger partial charge in [-0.1, -0.05) is 0 Å². The van der Waals surface area contributed by atoms with Gasteiger partial charge in [0.05, 0.1) is 12.7 Å². The highest BCUT2D eigenvalue weighted by Crippen LogP contribution is 2.24. The third-order valence-corrected chi connectivity index (χ3v) is 5.94. The second kappa shape index (κ2) is 6.86. The molecule has 1 heterocycles. The Kier molecular flexibility index (Phi) is 6.07. The van der Waals surface area contributed by atoms with E-state index in [0.717, 1.165) is 5.56 Å². The van der Waals surface area contributed by atoms with Gasteiger partial charge < -0.3 is 4.74 Å². The molecule has 0 N–H and O–H groups in total. The van der Waals surface area contributed by atoms with Crippen LogP contribution in [0.15, 0.2) is 15.7 Å². The molecule has 0 radical (unpaired) electrons. The van der Waals surface area contributed by atoms with Crippen molar-refractivity contribution in [2.24, 2.45) is 0 Å². The van der Waals surface area contributed by atoms with Gasteiger partial charge >= 0.3 is 0 Å². The van der Waals surface area contributed by atoms with Gasteiger partial charge in [-0.05, 0) is 30.9 Å². The molecule has 18 heavy (non-hydrogen) atoms. The number of alkyl halides is 1. The van der Waals surface area contributed by atoms with Crippen LogP contribution in [0.4, 0.5) is 0 Å². The van der Waals surface area contributed by atoms with E-state index in [1.54, 1.807) is 18.5 Å². The van der Waals surface area contributed by atoms with Crippen LogP contribution in [0.5, 0.6) is 0 Å². The summed E-state index contributed by atoms with van der Waals surface area (Å²) in [5.74, 6) is 0.326. The lowest BCUT2D eigenvalue weighted by Crippen LogP contribution is -2.30. The molecular formula is C11H18ClNO3S2. The summed E-state index contributed by atoms with van der Waals surface area (Å²) in [6, 6.07) is 1.62. The molecule has 0 amide bonds. The molecule has 0 aliphatic rings. The molecule has 7 heteroatoms. The SMILES string of the molecule is CC(C)OCCN(C)S(=O)(=O)c1cc(CCl)cs1. The van der Waals surface area contributed by atoms with Crippen molar-refractivity contribution in [3.63, 3.8) is 0 Å². The Labute approximate surface area is 118 Å². The molecule has 0 aliphatic heterocycles. The highest BCUT2D eigenvalue weighted by Gasteiger charge is 2.22. The zero-order chi connectivity index (χ0) is 13.8. The highest BCUT2D eigenvalue weighted by atomic mass is 35.5. The second-order valence-electron chi connectivity index (χ2n) is 4.15. The highest BCUT2D eigenvalue weighted by molar-refractivity contribution is 7.91.